The molecule has 0 saturated heterocycles. The summed E-state index contributed by atoms with van der Waals surface area (Å²) in [5.41, 5.74) is 10.0. The average Bonchev–Trinajstić information content (AvgIpc) is 2.53. The Morgan fingerprint density at radius 1 is 1.20 bits per heavy atom. The van der Waals surface area contributed by atoms with Crippen molar-refractivity contribution in [3.8, 4) is 0 Å². The number of fused-ring (bicyclic) bond motifs is 1. The lowest BCUT2D eigenvalue weighted by atomic mass is 9.92. The van der Waals surface area contributed by atoms with Gasteiger partial charge in [0.25, 0.3) is 0 Å². The summed E-state index contributed by atoms with van der Waals surface area (Å²) < 4.78 is 2.25. The Kier molecular flexibility index (Phi) is 2.28. The van der Waals surface area contributed by atoms with Gasteiger partial charge in [0.15, 0.2) is 0 Å². The summed E-state index contributed by atoms with van der Waals surface area (Å²) in [7, 11) is 0. The maximum atomic E-state index is 5.87. The van der Waals surface area contributed by atoms with Gasteiger partial charge in [0.2, 0.25) is 0 Å². The largest absolute Gasteiger partial charge is 0.325 e. The number of aryl methyl sites for hydroxylation is 1. The Labute approximate surface area is 90.7 Å². The van der Waals surface area contributed by atoms with E-state index < -0.39 is 0 Å². The quantitative estimate of drug-likeness (QED) is 0.802. The van der Waals surface area contributed by atoms with Crippen molar-refractivity contribution in [1.29, 1.82) is 0 Å². The number of aromatic nitrogens is 2. The molecule has 3 heteroatoms. The van der Waals surface area contributed by atoms with E-state index in [9.17, 15) is 0 Å². The Balaban J connectivity index is 2.01. The second-order valence-corrected chi connectivity index (χ2v) is 4.81. The third kappa shape index (κ3) is 1.41. The lowest BCUT2D eigenvalue weighted by molar-refractivity contribution is 0.281. The molecule has 15 heavy (non-hydrogen) atoms. The first-order chi connectivity index (χ1) is 7.40. The van der Waals surface area contributed by atoms with Crippen LogP contribution in [0.1, 0.15) is 55.1 Å². The van der Waals surface area contributed by atoms with Gasteiger partial charge in [-0.05, 0) is 50.5 Å². The second-order valence-electron chi connectivity index (χ2n) is 4.81. The third-order valence-corrected chi connectivity index (χ3v) is 3.91. The highest BCUT2D eigenvalue weighted by atomic mass is 15.3. The molecule has 3 rings (SSSR count). The zero-order valence-electron chi connectivity index (χ0n) is 9.21. The normalized spacial score (nSPS) is 21.1. The standard InChI is InChI=1S/C12H19N3/c13-8-12-10-6-1-2-7-11(10)14-15(12)9-4-3-5-9/h9H,1-8,13H2. The first-order valence-electron chi connectivity index (χ1n) is 6.19. The van der Waals surface area contributed by atoms with Crippen LogP contribution in [0.5, 0.6) is 0 Å². The van der Waals surface area contributed by atoms with Crippen molar-refractivity contribution in [3.05, 3.63) is 17.0 Å². The molecule has 0 amide bonds. The third-order valence-electron chi connectivity index (χ3n) is 3.91. The van der Waals surface area contributed by atoms with Crippen LogP contribution in [0.25, 0.3) is 0 Å². The minimum absolute atomic E-state index is 0.661. The molecule has 0 atom stereocenters. The summed E-state index contributed by atoms with van der Waals surface area (Å²) in [6, 6.07) is 0.661. The van der Waals surface area contributed by atoms with E-state index in [-0.39, 0.29) is 0 Å². The predicted octanol–water partition coefficient (Wildman–Crippen LogP) is 1.95. The highest BCUT2D eigenvalue weighted by Gasteiger charge is 2.26. The summed E-state index contributed by atoms with van der Waals surface area (Å²) in [5, 5.41) is 4.78. The minimum atomic E-state index is 0.661. The number of nitrogens with zero attached hydrogens (tertiary/aromatic N) is 2. The van der Waals surface area contributed by atoms with Crippen LogP contribution < -0.4 is 5.73 Å². The van der Waals surface area contributed by atoms with Crippen molar-refractivity contribution < 1.29 is 0 Å². The Morgan fingerprint density at radius 3 is 2.67 bits per heavy atom. The number of hydrogen-bond donors (Lipinski definition) is 1. The summed E-state index contributed by atoms with van der Waals surface area (Å²) in [6.45, 7) is 0.666. The Morgan fingerprint density at radius 2 is 2.00 bits per heavy atom. The van der Waals surface area contributed by atoms with E-state index in [2.05, 4.69) is 4.68 Å². The van der Waals surface area contributed by atoms with Crippen molar-refractivity contribution >= 4 is 0 Å². The molecule has 1 aromatic rings. The van der Waals surface area contributed by atoms with Gasteiger partial charge in [-0.2, -0.15) is 5.10 Å². The van der Waals surface area contributed by atoms with Gasteiger partial charge in [-0.15, -0.1) is 0 Å². The van der Waals surface area contributed by atoms with Crippen molar-refractivity contribution in [2.75, 3.05) is 0 Å². The molecule has 0 unspecified atom stereocenters. The summed E-state index contributed by atoms with van der Waals surface area (Å²) in [4.78, 5) is 0. The molecule has 0 radical (unpaired) electrons. The fraction of sp³-hybridized carbons (Fsp3) is 0.750. The molecular weight excluding hydrogens is 186 g/mol. The number of nitrogens with two attached hydrogens (primary N) is 1. The van der Waals surface area contributed by atoms with Gasteiger partial charge in [0.05, 0.1) is 17.4 Å². The van der Waals surface area contributed by atoms with Gasteiger partial charge >= 0.3 is 0 Å². The maximum Gasteiger partial charge on any atom is 0.0660 e. The van der Waals surface area contributed by atoms with E-state index >= 15 is 0 Å². The van der Waals surface area contributed by atoms with E-state index in [1.54, 1.807) is 0 Å². The highest BCUT2D eigenvalue weighted by Crippen LogP contribution is 2.35. The van der Waals surface area contributed by atoms with Gasteiger partial charge in [0, 0.05) is 6.54 Å². The van der Waals surface area contributed by atoms with Crippen LogP contribution in [0.2, 0.25) is 0 Å². The fourth-order valence-electron chi connectivity index (χ4n) is 2.79. The molecule has 0 aromatic carbocycles. The summed E-state index contributed by atoms with van der Waals surface area (Å²) >= 11 is 0. The molecule has 1 fully saturated rings. The molecule has 2 aliphatic rings. The van der Waals surface area contributed by atoms with E-state index in [4.69, 9.17) is 10.8 Å². The van der Waals surface area contributed by atoms with Crippen molar-refractivity contribution in [2.45, 2.75) is 57.5 Å². The summed E-state index contributed by atoms with van der Waals surface area (Å²) in [5.74, 6) is 0. The molecule has 0 aliphatic heterocycles. The highest BCUT2D eigenvalue weighted by molar-refractivity contribution is 5.29. The smallest absolute Gasteiger partial charge is 0.0660 e. The van der Waals surface area contributed by atoms with Crippen LogP contribution in [-0.2, 0) is 19.4 Å². The molecule has 0 spiro atoms. The zero-order chi connectivity index (χ0) is 10.3. The Bertz CT molecular complexity index is 363. The SMILES string of the molecule is NCc1c2c(nn1C1CCC1)CCCC2. The monoisotopic (exact) mass is 205 g/mol. The van der Waals surface area contributed by atoms with E-state index in [0.717, 1.165) is 0 Å². The zero-order valence-corrected chi connectivity index (χ0v) is 9.21. The maximum absolute atomic E-state index is 5.87. The van der Waals surface area contributed by atoms with Crippen molar-refractivity contribution in [2.24, 2.45) is 5.73 Å². The van der Waals surface area contributed by atoms with Crippen LogP contribution in [0.15, 0.2) is 0 Å². The number of rotatable bonds is 2. The minimum Gasteiger partial charge on any atom is -0.325 e. The van der Waals surface area contributed by atoms with Gasteiger partial charge in [0.1, 0.15) is 0 Å². The van der Waals surface area contributed by atoms with Gasteiger partial charge < -0.3 is 5.73 Å². The average molecular weight is 205 g/mol. The first kappa shape index (κ1) is 9.40. The van der Waals surface area contributed by atoms with Gasteiger partial charge in [-0.25, -0.2) is 0 Å². The van der Waals surface area contributed by atoms with Crippen molar-refractivity contribution in [3.63, 3.8) is 0 Å². The lowest BCUT2D eigenvalue weighted by Gasteiger charge is -2.27. The van der Waals surface area contributed by atoms with Crippen LogP contribution >= 0.6 is 0 Å². The summed E-state index contributed by atoms with van der Waals surface area (Å²) in [6.07, 6.45) is 8.95. The molecule has 1 saturated carbocycles. The molecule has 1 heterocycles. The van der Waals surface area contributed by atoms with E-state index in [1.807, 2.05) is 0 Å². The topological polar surface area (TPSA) is 43.8 Å². The molecule has 82 valence electrons. The molecule has 0 bridgehead atoms. The van der Waals surface area contributed by atoms with E-state index in [0.29, 0.717) is 12.6 Å². The second kappa shape index (κ2) is 3.63. The number of hydrogen-bond acceptors (Lipinski definition) is 2. The van der Waals surface area contributed by atoms with Crippen LogP contribution in [-0.4, -0.2) is 9.78 Å². The fourth-order valence-corrected chi connectivity index (χ4v) is 2.79. The van der Waals surface area contributed by atoms with Crippen LogP contribution in [0.4, 0.5) is 0 Å². The first-order valence-corrected chi connectivity index (χ1v) is 6.19. The molecule has 1 aromatic heterocycles. The molecule has 3 nitrogen and oxygen atoms in total. The predicted molar refractivity (Wildman–Crippen MR) is 59.6 cm³/mol. The molecule has 2 aliphatic carbocycles. The molecular formula is C12H19N3. The van der Waals surface area contributed by atoms with Crippen LogP contribution in [0.3, 0.4) is 0 Å². The van der Waals surface area contributed by atoms with E-state index in [1.165, 1.54) is 61.9 Å². The van der Waals surface area contributed by atoms with Gasteiger partial charge in [-0.1, -0.05) is 0 Å². The van der Waals surface area contributed by atoms with Gasteiger partial charge in [-0.3, -0.25) is 4.68 Å². The lowest BCUT2D eigenvalue weighted by Crippen LogP contribution is -2.22. The molecule has 2 N–H and O–H groups in total. The van der Waals surface area contributed by atoms with Crippen LogP contribution in [0, 0.1) is 0 Å². The Hall–Kier alpha value is -0.830. The van der Waals surface area contributed by atoms with Crippen molar-refractivity contribution in [1.82, 2.24) is 9.78 Å².